The van der Waals surface area contributed by atoms with Crippen molar-refractivity contribution in [2.45, 2.75) is 36.6 Å². The Balaban J connectivity index is 1.60. The maximum absolute atomic E-state index is 12.8. The van der Waals surface area contributed by atoms with Crippen molar-refractivity contribution in [2.24, 2.45) is 0 Å². The highest BCUT2D eigenvalue weighted by molar-refractivity contribution is 7.89. The summed E-state index contributed by atoms with van der Waals surface area (Å²) < 4.78 is 27.1. The molecule has 1 aliphatic heterocycles. The molecule has 1 amide bonds. The van der Waals surface area contributed by atoms with Gasteiger partial charge in [-0.3, -0.25) is 4.79 Å². The van der Waals surface area contributed by atoms with E-state index in [0.29, 0.717) is 24.7 Å². The van der Waals surface area contributed by atoms with Gasteiger partial charge >= 0.3 is 0 Å². The van der Waals surface area contributed by atoms with Crippen molar-refractivity contribution >= 4 is 27.5 Å². The molecule has 6 nitrogen and oxygen atoms in total. The molecule has 0 saturated carbocycles. The molecule has 1 fully saturated rings. The van der Waals surface area contributed by atoms with Crippen molar-refractivity contribution in [3.05, 3.63) is 64.7 Å². The smallest absolute Gasteiger partial charge is 0.243 e. The average Bonchev–Trinajstić information content (AvgIpc) is 2.76. The predicted molar refractivity (Wildman–Crippen MR) is 124 cm³/mol. The van der Waals surface area contributed by atoms with Crippen molar-refractivity contribution < 1.29 is 13.2 Å². The Morgan fingerprint density at radius 1 is 1.06 bits per heavy atom. The number of nitrogens with one attached hydrogen (secondary N) is 1. The number of sulfonamides is 1. The normalized spacial score (nSPS) is 16.3. The fraction of sp³-hybridized carbons (Fsp3) is 0.435. The van der Waals surface area contributed by atoms with Crippen LogP contribution in [0.25, 0.3) is 0 Å². The number of likely N-dealkylation sites (N-methyl/N-ethyl adjacent to an activating group) is 1. The maximum Gasteiger partial charge on any atom is 0.243 e. The van der Waals surface area contributed by atoms with Gasteiger partial charge in [0.05, 0.1) is 17.4 Å². The maximum atomic E-state index is 12.8. The number of halogens is 1. The number of benzene rings is 2. The van der Waals surface area contributed by atoms with E-state index in [1.807, 2.05) is 43.3 Å². The van der Waals surface area contributed by atoms with Gasteiger partial charge in [-0.2, -0.15) is 4.31 Å². The molecular weight excluding hydrogens is 434 g/mol. The van der Waals surface area contributed by atoms with Crippen LogP contribution in [0.1, 0.15) is 36.4 Å². The van der Waals surface area contributed by atoms with Gasteiger partial charge in [0, 0.05) is 24.7 Å². The number of piperidine rings is 1. The lowest BCUT2D eigenvalue weighted by Crippen LogP contribution is -2.35. The van der Waals surface area contributed by atoms with E-state index < -0.39 is 10.0 Å². The zero-order valence-corrected chi connectivity index (χ0v) is 19.6. The third-order valence-electron chi connectivity index (χ3n) is 5.62. The van der Waals surface area contributed by atoms with Gasteiger partial charge in [-0.1, -0.05) is 48.4 Å². The van der Waals surface area contributed by atoms with Crippen LogP contribution in [0.3, 0.4) is 0 Å². The van der Waals surface area contributed by atoms with Crippen LogP contribution in [-0.4, -0.2) is 57.3 Å². The summed E-state index contributed by atoms with van der Waals surface area (Å²) in [6.45, 7) is 1.58. The minimum atomic E-state index is -3.46. The summed E-state index contributed by atoms with van der Waals surface area (Å²) in [5, 5.41) is 3.64. The number of amides is 1. The standard InChI is InChI=1S/C23H30ClN3O3S/c1-26(2)22(20-8-4-5-9-21(20)24)17-25-23(28)16-18-10-12-19(13-11-18)31(29,30)27-14-6-3-7-15-27/h4-5,8-13,22H,3,6-7,14-17H2,1-2H3,(H,25,28). The molecule has 0 aromatic heterocycles. The molecule has 8 heteroatoms. The zero-order valence-electron chi connectivity index (χ0n) is 18.1. The second-order valence-corrected chi connectivity index (χ2v) is 10.4. The van der Waals surface area contributed by atoms with E-state index in [-0.39, 0.29) is 23.3 Å². The summed E-state index contributed by atoms with van der Waals surface area (Å²) >= 11 is 6.32. The van der Waals surface area contributed by atoms with Crippen LogP contribution in [0.2, 0.25) is 5.02 Å². The van der Waals surface area contributed by atoms with Crippen LogP contribution >= 0.6 is 11.6 Å². The molecule has 1 atom stereocenters. The van der Waals surface area contributed by atoms with Gasteiger partial charge in [0.2, 0.25) is 15.9 Å². The summed E-state index contributed by atoms with van der Waals surface area (Å²) in [5.41, 5.74) is 1.73. The molecule has 1 saturated heterocycles. The second kappa shape index (κ2) is 10.6. The summed E-state index contributed by atoms with van der Waals surface area (Å²) in [6, 6.07) is 14.2. The van der Waals surface area contributed by atoms with Gasteiger partial charge in [0.1, 0.15) is 0 Å². The molecule has 168 valence electrons. The molecule has 3 rings (SSSR count). The topological polar surface area (TPSA) is 69.7 Å². The van der Waals surface area contributed by atoms with Crippen molar-refractivity contribution in [2.75, 3.05) is 33.7 Å². The zero-order chi connectivity index (χ0) is 22.4. The van der Waals surface area contributed by atoms with E-state index in [1.54, 1.807) is 28.6 Å². The third-order valence-corrected chi connectivity index (χ3v) is 7.88. The largest absolute Gasteiger partial charge is 0.354 e. The molecule has 0 radical (unpaired) electrons. The SMILES string of the molecule is CN(C)C(CNC(=O)Cc1ccc(S(=O)(=O)N2CCCCC2)cc1)c1ccccc1Cl. The molecule has 0 spiro atoms. The molecule has 1 aliphatic rings. The first-order valence-electron chi connectivity index (χ1n) is 10.6. The fourth-order valence-corrected chi connectivity index (χ4v) is 5.59. The Hall–Kier alpha value is -1.93. The highest BCUT2D eigenvalue weighted by atomic mass is 35.5. The lowest BCUT2D eigenvalue weighted by atomic mass is 10.1. The monoisotopic (exact) mass is 463 g/mol. The van der Waals surface area contributed by atoms with Crippen molar-refractivity contribution in [1.29, 1.82) is 0 Å². The lowest BCUT2D eigenvalue weighted by Gasteiger charge is -2.26. The number of carbonyl (C=O) groups is 1. The fourth-order valence-electron chi connectivity index (χ4n) is 3.81. The molecule has 31 heavy (non-hydrogen) atoms. The predicted octanol–water partition coefficient (Wildman–Crippen LogP) is 3.48. The number of hydrogen-bond acceptors (Lipinski definition) is 4. The van der Waals surface area contributed by atoms with E-state index in [4.69, 9.17) is 11.6 Å². The first kappa shape index (κ1) is 23.7. The van der Waals surface area contributed by atoms with Gasteiger partial charge in [-0.05, 0) is 56.3 Å². The van der Waals surface area contributed by atoms with E-state index in [9.17, 15) is 13.2 Å². The Bertz CT molecular complexity index is 987. The molecular formula is C23H30ClN3O3S. The van der Waals surface area contributed by atoms with Crippen LogP contribution in [-0.2, 0) is 21.2 Å². The third kappa shape index (κ3) is 6.07. The Morgan fingerprint density at radius 2 is 1.71 bits per heavy atom. The minimum absolute atomic E-state index is 0.0466. The second-order valence-electron chi connectivity index (χ2n) is 8.09. The Morgan fingerprint density at radius 3 is 2.32 bits per heavy atom. The van der Waals surface area contributed by atoms with Crippen LogP contribution in [0.15, 0.2) is 53.4 Å². The van der Waals surface area contributed by atoms with E-state index in [1.165, 1.54) is 0 Å². The number of nitrogens with zero attached hydrogens (tertiary/aromatic N) is 2. The number of carbonyl (C=O) groups excluding carboxylic acids is 1. The molecule has 2 aromatic carbocycles. The first-order valence-corrected chi connectivity index (χ1v) is 12.4. The summed E-state index contributed by atoms with van der Waals surface area (Å²) in [4.78, 5) is 14.8. The lowest BCUT2D eigenvalue weighted by molar-refractivity contribution is -0.120. The molecule has 0 bridgehead atoms. The van der Waals surface area contributed by atoms with Crippen molar-refractivity contribution in [1.82, 2.24) is 14.5 Å². The number of hydrogen-bond donors (Lipinski definition) is 1. The van der Waals surface area contributed by atoms with E-state index in [0.717, 1.165) is 30.4 Å². The molecule has 1 unspecified atom stereocenters. The quantitative estimate of drug-likeness (QED) is 0.650. The highest BCUT2D eigenvalue weighted by Crippen LogP contribution is 2.25. The van der Waals surface area contributed by atoms with Gasteiger partial charge in [-0.15, -0.1) is 0 Å². The average molecular weight is 464 g/mol. The van der Waals surface area contributed by atoms with Crippen LogP contribution in [0, 0.1) is 0 Å². The van der Waals surface area contributed by atoms with Crippen LogP contribution in [0.5, 0.6) is 0 Å². The molecule has 0 aliphatic carbocycles. The van der Waals surface area contributed by atoms with E-state index >= 15 is 0 Å². The van der Waals surface area contributed by atoms with Gasteiger partial charge < -0.3 is 10.2 Å². The Kier molecular flexibility index (Phi) is 8.11. The van der Waals surface area contributed by atoms with Crippen LogP contribution in [0.4, 0.5) is 0 Å². The highest BCUT2D eigenvalue weighted by Gasteiger charge is 2.25. The molecule has 1 N–H and O–H groups in total. The van der Waals surface area contributed by atoms with Gasteiger partial charge in [0.15, 0.2) is 0 Å². The Labute approximate surface area is 190 Å². The van der Waals surface area contributed by atoms with Crippen molar-refractivity contribution in [3.63, 3.8) is 0 Å². The van der Waals surface area contributed by atoms with Gasteiger partial charge in [-0.25, -0.2) is 8.42 Å². The molecule has 1 heterocycles. The summed E-state index contributed by atoms with van der Waals surface area (Å²) in [5.74, 6) is -0.120. The minimum Gasteiger partial charge on any atom is -0.354 e. The van der Waals surface area contributed by atoms with Crippen molar-refractivity contribution in [3.8, 4) is 0 Å². The summed E-state index contributed by atoms with van der Waals surface area (Å²) in [7, 11) is 0.434. The van der Waals surface area contributed by atoms with Gasteiger partial charge in [0.25, 0.3) is 0 Å². The molecule has 2 aromatic rings. The summed E-state index contributed by atoms with van der Waals surface area (Å²) in [6.07, 6.45) is 3.07. The number of rotatable bonds is 8. The first-order chi connectivity index (χ1) is 14.8. The van der Waals surface area contributed by atoms with Crippen LogP contribution < -0.4 is 5.32 Å². The van der Waals surface area contributed by atoms with E-state index in [2.05, 4.69) is 5.32 Å².